The molecule has 1 aromatic heterocycles. The average molecular weight is 353 g/mol. The van der Waals surface area contributed by atoms with Crippen LogP contribution in [0.4, 0.5) is 0 Å². The molecule has 0 aliphatic rings. The van der Waals surface area contributed by atoms with E-state index in [1.165, 1.54) is 5.56 Å². The fraction of sp³-hybridized carbons (Fsp3) is 0.0870. The van der Waals surface area contributed by atoms with Gasteiger partial charge in [0.2, 0.25) is 5.91 Å². The smallest absolute Gasteiger partial charge is 0.249 e. The minimum atomic E-state index is -0.430. The second kappa shape index (κ2) is 7.00. The minimum Gasteiger partial charge on any atom is -0.366 e. The lowest BCUT2D eigenvalue weighted by Gasteiger charge is -2.14. The standard InChI is InChI=1S/C23H19N3O/c1-15-25-14-19-13-18(10-11-21(19)26-15)22-17(8-5-9-20(22)23(24)27)12-16-6-3-2-4-7-16/h2-11,13-14H,12H2,1H3,(H2,24,27). The van der Waals surface area contributed by atoms with E-state index in [1.54, 1.807) is 6.07 Å². The third-order valence-electron chi connectivity index (χ3n) is 4.64. The summed E-state index contributed by atoms with van der Waals surface area (Å²) in [5.41, 5.74) is 11.1. The van der Waals surface area contributed by atoms with Crippen molar-refractivity contribution >= 4 is 16.8 Å². The van der Waals surface area contributed by atoms with Crippen LogP contribution in [-0.2, 0) is 6.42 Å². The van der Waals surface area contributed by atoms with Crippen LogP contribution in [0, 0.1) is 6.92 Å². The van der Waals surface area contributed by atoms with Crippen LogP contribution in [0.3, 0.4) is 0 Å². The van der Waals surface area contributed by atoms with Crippen LogP contribution in [0.5, 0.6) is 0 Å². The maximum Gasteiger partial charge on any atom is 0.249 e. The highest BCUT2D eigenvalue weighted by Gasteiger charge is 2.15. The van der Waals surface area contributed by atoms with Crippen molar-refractivity contribution in [3.63, 3.8) is 0 Å². The van der Waals surface area contributed by atoms with Gasteiger partial charge in [0.05, 0.1) is 5.52 Å². The molecule has 1 heterocycles. The first kappa shape index (κ1) is 16.9. The van der Waals surface area contributed by atoms with Crippen LogP contribution in [0.1, 0.15) is 27.3 Å². The fourth-order valence-electron chi connectivity index (χ4n) is 3.39. The number of hydrogen-bond donors (Lipinski definition) is 1. The van der Waals surface area contributed by atoms with Crippen molar-refractivity contribution in [2.45, 2.75) is 13.3 Å². The number of aryl methyl sites for hydroxylation is 1. The van der Waals surface area contributed by atoms with Crippen molar-refractivity contribution in [1.29, 1.82) is 0 Å². The molecule has 27 heavy (non-hydrogen) atoms. The number of primary amides is 1. The Bertz CT molecular complexity index is 1140. The maximum atomic E-state index is 12.1. The van der Waals surface area contributed by atoms with Crippen LogP contribution in [-0.4, -0.2) is 15.9 Å². The first-order chi connectivity index (χ1) is 13.1. The Morgan fingerprint density at radius 2 is 1.81 bits per heavy atom. The van der Waals surface area contributed by atoms with Crippen molar-refractivity contribution in [2.75, 3.05) is 0 Å². The summed E-state index contributed by atoms with van der Waals surface area (Å²) in [5, 5.41) is 0.933. The zero-order valence-corrected chi connectivity index (χ0v) is 15.0. The molecule has 0 fully saturated rings. The predicted molar refractivity (Wildman–Crippen MR) is 107 cm³/mol. The molecular weight excluding hydrogens is 334 g/mol. The lowest BCUT2D eigenvalue weighted by molar-refractivity contribution is 0.100. The van der Waals surface area contributed by atoms with Crippen molar-refractivity contribution in [1.82, 2.24) is 9.97 Å². The normalized spacial score (nSPS) is 10.9. The SMILES string of the molecule is Cc1ncc2cc(-c3c(Cc4ccccc4)cccc3C(N)=O)ccc2n1. The molecule has 0 aliphatic heterocycles. The van der Waals surface area contributed by atoms with E-state index in [1.807, 2.05) is 61.7 Å². The van der Waals surface area contributed by atoms with Gasteiger partial charge in [0, 0.05) is 17.1 Å². The summed E-state index contributed by atoms with van der Waals surface area (Å²) in [6.45, 7) is 1.87. The average Bonchev–Trinajstić information content (AvgIpc) is 2.68. The van der Waals surface area contributed by atoms with E-state index in [9.17, 15) is 4.79 Å². The molecule has 132 valence electrons. The second-order valence-electron chi connectivity index (χ2n) is 6.56. The lowest BCUT2D eigenvalue weighted by atomic mass is 9.90. The topological polar surface area (TPSA) is 68.9 Å². The van der Waals surface area contributed by atoms with E-state index in [4.69, 9.17) is 5.73 Å². The van der Waals surface area contributed by atoms with Crippen LogP contribution >= 0.6 is 0 Å². The molecule has 0 bridgehead atoms. The van der Waals surface area contributed by atoms with E-state index < -0.39 is 5.91 Å². The molecule has 0 spiro atoms. The van der Waals surface area contributed by atoms with Crippen LogP contribution < -0.4 is 5.73 Å². The predicted octanol–water partition coefficient (Wildman–Crippen LogP) is 4.29. The summed E-state index contributed by atoms with van der Waals surface area (Å²) < 4.78 is 0. The molecule has 0 saturated carbocycles. The van der Waals surface area contributed by atoms with Crippen molar-refractivity contribution in [2.24, 2.45) is 5.73 Å². The number of carbonyl (C=O) groups is 1. The molecule has 0 unspecified atom stereocenters. The molecule has 1 amide bonds. The zero-order chi connectivity index (χ0) is 18.8. The number of rotatable bonds is 4. The molecule has 3 aromatic carbocycles. The van der Waals surface area contributed by atoms with Gasteiger partial charge in [-0.25, -0.2) is 9.97 Å². The summed E-state index contributed by atoms with van der Waals surface area (Å²) in [7, 11) is 0. The molecule has 0 radical (unpaired) electrons. The van der Waals surface area contributed by atoms with Gasteiger partial charge < -0.3 is 5.73 Å². The summed E-state index contributed by atoms with van der Waals surface area (Å²) >= 11 is 0. The Balaban J connectivity index is 1.89. The second-order valence-corrected chi connectivity index (χ2v) is 6.56. The first-order valence-electron chi connectivity index (χ1n) is 8.81. The van der Waals surface area contributed by atoms with E-state index in [-0.39, 0.29) is 0 Å². The highest BCUT2D eigenvalue weighted by molar-refractivity contribution is 6.01. The Hall–Kier alpha value is -3.53. The number of aromatic nitrogens is 2. The monoisotopic (exact) mass is 353 g/mol. The summed E-state index contributed by atoms with van der Waals surface area (Å²) in [5.74, 6) is 0.303. The molecular formula is C23H19N3O. The fourth-order valence-corrected chi connectivity index (χ4v) is 3.39. The Morgan fingerprint density at radius 1 is 1.00 bits per heavy atom. The number of amides is 1. The van der Waals surface area contributed by atoms with Gasteiger partial charge in [-0.05, 0) is 53.8 Å². The van der Waals surface area contributed by atoms with E-state index >= 15 is 0 Å². The summed E-state index contributed by atoms with van der Waals surface area (Å²) in [6.07, 6.45) is 2.53. The molecule has 4 aromatic rings. The van der Waals surface area contributed by atoms with Gasteiger partial charge in [0.1, 0.15) is 5.82 Å². The molecule has 0 atom stereocenters. The Kier molecular flexibility index (Phi) is 4.38. The quantitative estimate of drug-likeness (QED) is 0.595. The van der Waals surface area contributed by atoms with Gasteiger partial charge in [-0.1, -0.05) is 48.5 Å². The summed E-state index contributed by atoms with van der Waals surface area (Å²) in [4.78, 5) is 20.8. The molecule has 4 nitrogen and oxygen atoms in total. The van der Waals surface area contributed by atoms with Gasteiger partial charge in [0.15, 0.2) is 0 Å². The van der Waals surface area contributed by atoms with Crippen LogP contribution in [0.2, 0.25) is 0 Å². The van der Waals surface area contributed by atoms with Gasteiger partial charge >= 0.3 is 0 Å². The Morgan fingerprint density at radius 3 is 2.59 bits per heavy atom. The number of nitrogens with two attached hydrogens (primary N) is 1. The van der Waals surface area contributed by atoms with E-state index in [0.29, 0.717) is 5.56 Å². The largest absolute Gasteiger partial charge is 0.366 e. The number of fused-ring (bicyclic) bond motifs is 1. The summed E-state index contributed by atoms with van der Waals surface area (Å²) in [6, 6.07) is 21.9. The number of hydrogen-bond acceptors (Lipinski definition) is 3. The number of benzene rings is 3. The van der Waals surface area contributed by atoms with Crippen LogP contribution in [0.15, 0.2) is 72.9 Å². The van der Waals surface area contributed by atoms with Gasteiger partial charge in [-0.3, -0.25) is 4.79 Å². The molecule has 0 aliphatic carbocycles. The maximum absolute atomic E-state index is 12.1. The van der Waals surface area contributed by atoms with E-state index in [2.05, 4.69) is 22.1 Å². The van der Waals surface area contributed by atoms with Crippen molar-refractivity contribution in [3.8, 4) is 11.1 Å². The molecule has 2 N–H and O–H groups in total. The lowest BCUT2D eigenvalue weighted by Crippen LogP contribution is -2.13. The van der Waals surface area contributed by atoms with Gasteiger partial charge in [-0.2, -0.15) is 0 Å². The third kappa shape index (κ3) is 3.42. The van der Waals surface area contributed by atoms with Crippen molar-refractivity contribution < 1.29 is 4.79 Å². The van der Waals surface area contributed by atoms with Gasteiger partial charge in [0.25, 0.3) is 0 Å². The Labute approximate surface area is 157 Å². The van der Waals surface area contributed by atoms with Gasteiger partial charge in [-0.15, -0.1) is 0 Å². The van der Waals surface area contributed by atoms with Crippen molar-refractivity contribution in [3.05, 3.63) is 95.4 Å². The highest BCUT2D eigenvalue weighted by atomic mass is 16.1. The zero-order valence-electron chi connectivity index (χ0n) is 15.0. The minimum absolute atomic E-state index is 0.430. The molecule has 0 saturated heterocycles. The number of nitrogens with zero attached hydrogens (tertiary/aromatic N) is 2. The molecule has 4 heteroatoms. The van der Waals surface area contributed by atoms with Crippen LogP contribution in [0.25, 0.3) is 22.0 Å². The highest BCUT2D eigenvalue weighted by Crippen LogP contribution is 2.31. The molecule has 4 rings (SSSR count). The third-order valence-corrected chi connectivity index (χ3v) is 4.64. The number of carbonyl (C=O) groups excluding carboxylic acids is 1. The first-order valence-corrected chi connectivity index (χ1v) is 8.81. The van der Waals surface area contributed by atoms with E-state index in [0.717, 1.165) is 39.8 Å².